The molecule has 2 heterocycles. The van der Waals surface area contributed by atoms with E-state index in [1.165, 1.54) is 24.0 Å². The number of aryl methyl sites for hydroxylation is 1. The Kier molecular flexibility index (Phi) is 6.02. The zero-order valence-electron chi connectivity index (χ0n) is 16.4. The predicted octanol–water partition coefficient (Wildman–Crippen LogP) is 3.97. The third-order valence-corrected chi connectivity index (χ3v) is 5.38. The first-order valence-electron chi connectivity index (χ1n) is 10.2. The first-order chi connectivity index (χ1) is 13.8. The van der Waals surface area contributed by atoms with E-state index in [-0.39, 0.29) is 0 Å². The molecule has 28 heavy (non-hydrogen) atoms. The molecule has 3 aromatic rings. The zero-order chi connectivity index (χ0) is 19.2. The third kappa shape index (κ3) is 4.78. The van der Waals surface area contributed by atoms with Crippen molar-refractivity contribution < 1.29 is 4.74 Å². The number of piperidine rings is 1. The van der Waals surface area contributed by atoms with Crippen molar-refractivity contribution in [3.05, 3.63) is 59.9 Å². The van der Waals surface area contributed by atoms with Crippen LogP contribution in [0.2, 0.25) is 0 Å². The quantitative estimate of drug-likeness (QED) is 0.653. The number of nitrogens with zero attached hydrogens (tertiary/aromatic N) is 2. The minimum absolute atomic E-state index is 0.640. The molecule has 0 bridgehead atoms. The maximum absolute atomic E-state index is 6.03. The van der Waals surface area contributed by atoms with Gasteiger partial charge in [-0.3, -0.25) is 0 Å². The number of benzene rings is 2. The minimum atomic E-state index is 0.640. The summed E-state index contributed by atoms with van der Waals surface area (Å²) in [6.45, 7) is 5.91. The lowest BCUT2D eigenvalue weighted by Crippen LogP contribution is -2.30. The van der Waals surface area contributed by atoms with Crippen molar-refractivity contribution in [3.63, 3.8) is 0 Å². The Balaban J connectivity index is 1.38. The van der Waals surface area contributed by atoms with Gasteiger partial charge < -0.3 is 15.4 Å². The van der Waals surface area contributed by atoms with Gasteiger partial charge in [0, 0.05) is 18.0 Å². The molecule has 0 spiro atoms. The van der Waals surface area contributed by atoms with Crippen molar-refractivity contribution in [2.24, 2.45) is 5.92 Å². The van der Waals surface area contributed by atoms with Crippen LogP contribution in [0, 0.1) is 12.8 Å². The molecule has 0 unspecified atom stereocenters. The molecule has 1 aliphatic rings. The summed E-state index contributed by atoms with van der Waals surface area (Å²) in [5.74, 6) is 2.40. The van der Waals surface area contributed by atoms with Crippen LogP contribution in [-0.4, -0.2) is 36.2 Å². The van der Waals surface area contributed by atoms with Gasteiger partial charge in [0.2, 0.25) is 0 Å². The molecule has 1 aromatic heterocycles. The van der Waals surface area contributed by atoms with E-state index in [0.29, 0.717) is 5.92 Å². The summed E-state index contributed by atoms with van der Waals surface area (Å²) in [4.78, 5) is 8.86. The summed E-state index contributed by atoms with van der Waals surface area (Å²) < 4.78 is 6.03. The highest BCUT2D eigenvalue weighted by Gasteiger charge is 2.14. The highest BCUT2D eigenvalue weighted by Crippen LogP contribution is 2.25. The Bertz CT molecular complexity index is 904. The van der Waals surface area contributed by atoms with Crippen LogP contribution in [0.25, 0.3) is 10.9 Å². The Hall–Kier alpha value is -2.66. The number of anilines is 1. The van der Waals surface area contributed by atoms with Crippen LogP contribution in [0.4, 0.5) is 5.82 Å². The fraction of sp³-hybridized carbons (Fsp3) is 0.391. The van der Waals surface area contributed by atoms with Crippen molar-refractivity contribution in [1.82, 2.24) is 15.3 Å². The second-order valence-electron chi connectivity index (χ2n) is 7.57. The van der Waals surface area contributed by atoms with E-state index in [2.05, 4.69) is 57.9 Å². The minimum Gasteiger partial charge on any atom is -0.493 e. The molecule has 4 rings (SSSR count). The number of rotatable bonds is 7. The topological polar surface area (TPSA) is 59.1 Å². The van der Waals surface area contributed by atoms with Crippen LogP contribution in [0.15, 0.2) is 48.8 Å². The van der Waals surface area contributed by atoms with Crippen molar-refractivity contribution in [2.45, 2.75) is 26.2 Å². The first-order valence-corrected chi connectivity index (χ1v) is 10.2. The maximum Gasteiger partial charge on any atom is 0.137 e. The first kappa shape index (κ1) is 18.7. The highest BCUT2D eigenvalue weighted by atomic mass is 16.5. The molecule has 2 aromatic carbocycles. The lowest BCUT2D eigenvalue weighted by molar-refractivity contribution is 0.215. The molecule has 1 fully saturated rings. The Morgan fingerprint density at radius 3 is 2.71 bits per heavy atom. The van der Waals surface area contributed by atoms with Gasteiger partial charge in [-0.15, -0.1) is 0 Å². The molecule has 0 amide bonds. The van der Waals surface area contributed by atoms with Crippen molar-refractivity contribution >= 4 is 16.7 Å². The molecule has 5 nitrogen and oxygen atoms in total. The lowest BCUT2D eigenvalue weighted by atomic mass is 9.99. The van der Waals surface area contributed by atoms with E-state index in [0.717, 1.165) is 55.1 Å². The van der Waals surface area contributed by atoms with E-state index >= 15 is 0 Å². The third-order valence-electron chi connectivity index (χ3n) is 5.38. The van der Waals surface area contributed by atoms with Gasteiger partial charge in [0.25, 0.3) is 0 Å². The fourth-order valence-corrected chi connectivity index (χ4v) is 3.61. The van der Waals surface area contributed by atoms with E-state index in [1.807, 2.05) is 12.1 Å². The summed E-state index contributed by atoms with van der Waals surface area (Å²) >= 11 is 0. The SMILES string of the molecule is Cc1ccc(CCNc2ncnc3cc(OCC4CCNCC4)ccc23)cc1. The molecule has 0 radical (unpaired) electrons. The van der Waals surface area contributed by atoms with Crippen LogP contribution in [0.3, 0.4) is 0 Å². The standard InChI is InChI=1S/C23H28N4O/c1-17-2-4-18(5-3-17)10-13-25-23-21-7-6-20(14-22(21)26-16-27-23)28-15-19-8-11-24-12-9-19/h2-7,14,16,19,24H,8-13,15H2,1H3,(H,25,26,27). The number of fused-ring (bicyclic) bond motifs is 1. The van der Waals surface area contributed by atoms with Crippen LogP contribution in [-0.2, 0) is 6.42 Å². The maximum atomic E-state index is 6.03. The summed E-state index contributed by atoms with van der Waals surface area (Å²) in [6.07, 6.45) is 4.95. The van der Waals surface area contributed by atoms with Crippen molar-refractivity contribution in [1.29, 1.82) is 0 Å². The van der Waals surface area contributed by atoms with E-state index in [9.17, 15) is 0 Å². The number of hydrogen-bond acceptors (Lipinski definition) is 5. The average molecular weight is 377 g/mol. The molecular weight excluding hydrogens is 348 g/mol. The number of aromatic nitrogens is 2. The van der Waals surface area contributed by atoms with Gasteiger partial charge in [0.1, 0.15) is 17.9 Å². The highest BCUT2D eigenvalue weighted by molar-refractivity contribution is 5.89. The van der Waals surface area contributed by atoms with Crippen LogP contribution in [0.1, 0.15) is 24.0 Å². The second-order valence-corrected chi connectivity index (χ2v) is 7.57. The average Bonchev–Trinajstić information content (AvgIpc) is 2.74. The number of ether oxygens (including phenoxy) is 1. The number of nitrogens with one attached hydrogen (secondary N) is 2. The van der Waals surface area contributed by atoms with Gasteiger partial charge in [-0.1, -0.05) is 29.8 Å². The monoisotopic (exact) mass is 376 g/mol. The molecule has 0 saturated carbocycles. The van der Waals surface area contributed by atoms with E-state index < -0.39 is 0 Å². The fourth-order valence-electron chi connectivity index (χ4n) is 3.61. The summed E-state index contributed by atoms with van der Waals surface area (Å²) in [6, 6.07) is 14.8. The largest absolute Gasteiger partial charge is 0.493 e. The Morgan fingerprint density at radius 1 is 1.07 bits per heavy atom. The van der Waals surface area contributed by atoms with Crippen LogP contribution in [0.5, 0.6) is 5.75 Å². The molecular formula is C23H28N4O. The molecule has 0 atom stereocenters. The summed E-state index contributed by atoms with van der Waals surface area (Å²) in [5, 5.41) is 7.88. The Labute approximate surface area is 166 Å². The summed E-state index contributed by atoms with van der Waals surface area (Å²) in [5.41, 5.74) is 3.53. The van der Waals surface area contributed by atoms with Gasteiger partial charge in [-0.25, -0.2) is 9.97 Å². The molecule has 0 aliphatic carbocycles. The van der Waals surface area contributed by atoms with Crippen LogP contribution >= 0.6 is 0 Å². The smallest absolute Gasteiger partial charge is 0.137 e. The van der Waals surface area contributed by atoms with E-state index in [4.69, 9.17) is 4.74 Å². The van der Waals surface area contributed by atoms with Gasteiger partial charge in [0.05, 0.1) is 12.1 Å². The molecule has 2 N–H and O–H groups in total. The van der Waals surface area contributed by atoms with Gasteiger partial charge >= 0.3 is 0 Å². The molecule has 1 saturated heterocycles. The van der Waals surface area contributed by atoms with Gasteiger partial charge in [-0.2, -0.15) is 0 Å². The van der Waals surface area contributed by atoms with Gasteiger partial charge in [-0.05, 0) is 62.9 Å². The van der Waals surface area contributed by atoms with Gasteiger partial charge in [0.15, 0.2) is 0 Å². The number of hydrogen-bond donors (Lipinski definition) is 2. The second kappa shape index (κ2) is 9.02. The Morgan fingerprint density at radius 2 is 1.89 bits per heavy atom. The van der Waals surface area contributed by atoms with Crippen LogP contribution < -0.4 is 15.4 Å². The lowest BCUT2D eigenvalue weighted by Gasteiger charge is -2.22. The van der Waals surface area contributed by atoms with Crippen molar-refractivity contribution in [3.8, 4) is 5.75 Å². The molecule has 146 valence electrons. The molecule has 1 aliphatic heterocycles. The van der Waals surface area contributed by atoms with Crippen molar-refractivity contribution in [2.75, 3.05) is 31.6 Å². The zero-order valence-corrected chi connectivity index (χ0v) is 16.4. The van der Waals surface area contributed by atoms with E-state index in [1.54, 1.807) is 6.33 Å². The predicted molar refractivity (Wildman–Crippen MR) is 114 cm³/mol. The molecule has 5 heteroatoms. The normalized spacial score (nSPS) is 14.9. The summed E-state index contributed by atoms with van der Waals surface area (Å²) in [7, 11) is 0.